The smallest absolute Gasteiger partial charge is 0.308 e. The first-order valence-electron chi connectivity index (χ1n) is 12.2. The van der Waals surface area contributed by atoms with E-state index in [1.807, 2.05) is 49.6 Å². The van der Waals surface area contributed by atoms with Gasteiger partial charge in [0.15, 0.2) is 0 Å². The van der Waals surface area contributed by atoms with Gasteiger partial charge in [0.25, 0.3) is 0 Å². The van der Waals surface area contributed by atoms with Gasteiger partial charge >= 0.3 is 5.97 Å². The van der Waals surface area contributed by atoms with E-state index in [1.54, 1.807) is 25.1 Å². The standard InChI is InChI=1S/C27H34N4O3S/c1-28-24(21-10-13-29-25-9-7-20(34-2)17-22(21)25)8-6-19-11-14-31(18-23(19)27(32)33)15-16-35-26-5-3-4-12-30-26/h3-5,7,9-10,12-13,17,19,23-24,28H,6,8,11,14-16,18H2,1-2H3,(H,32,33)/t19-,23+,24-/m1/s1. The van der Waals surface area contributed by atoms with Crippen LogP contribution in [-0.2, 0) is 4.79 Å². The lowest BCUT2D eigenvalue weighted by Gasteiger charge is -2.37. The molecule has 35 heavy (non-hydrogen) atoms. The quantitative estimate of drug-likeness (QED) is 0.377. The van der Waals surface area contributed by atoms with Crippen LogP contribution in [0.3, 0.4) is 0 Å². The van der Waals surface area contributed by atoms with E-state index in [1.165, 1.54) is 5.56 Å². The average Bonchev–Trinajstić information content (AvgIpc) is 2.89. The Balaban J connectivity index is 1.37. The van der Waals surface area contributed by atoms with Gasteiger partial charge < -0.3 is 20.1 Å². The molecule has 1 aliphatic heterocycles. The van der Waals surface area contributed by atoms with E-state index in [-0.39, 0.29) is 17.9 Å². The van der Waals surface area contributed by atoms with Gasteiger partial charge in [-0.15, -0.1) is 11.8 Å². The number of likely N-dealkylation sites (tertiary alicyclic amines) is 1. The van der Waals surface area contributed by atoms with Crippen molar-refractivity contribution in [3.05, 3.63) is 60.4 Å². The van der Waals surface area contributed by atoms with Crippen LogP contribution >= 0.6 is 11.8 Å². The minimum Gasteiger partial charge on any atom is -0.497 e. The van der Waals surface area contributed by atoms with Gasteiger partial charge in [0, 0.05) is 42.7 Å². The normalized spacial score (nSPS) is 19.5. The van der Waals surface area contributed by atoms with Crippen LogP contribution in [0.2, 0.25) is 0 Å². The van der Waals surface area contributed by atoms with Gasteiger partial charge in [0.05, 0.1) is 23.6 Å². The third-order valence-electron chi connectivity index (χ3n) is 6.98. The number of hydrogen-bond donors (Lipinski definition) is 2. The Hall–Kier alpha value is -2.68. The number of hydrogen-bond acceptors (Lipinski definition) is 7. The van der Waals surface area contributed by atoms with Crippen molar-refractivity contribution in [3.8, 4) is 5.75 Å². The van der Waals surface area contributed by atoms with Gasteiger partial charge in [-0.25, -0.2) is 4.98 Å². The minimum absolute atomic E-state index is 0.120. The molecule has 3 aromatic rings. The van der Waals surface area contributed by atoms with Crippen molar-refractivity contribution in [2.45, 2.75) is 30.3 Å². The van der Waals surface area contributed by atoms with Crippen LogP contribution in [0.1, 0.15) is 30.9 Å². The number of nitrogens with one attached hydrogen (secondary N) is 1. The van der Waals surface area contributed by atoms with Crippen molar-refractivity contribution >= 4 is 28.6 Å². The number of fused-ring (bicyclic) bond motifs is 1. The number of nitrogens with zero attached hydrogens (tertiary/aromatic N) is 3. The van der Waals surface area contributed by atoms with E-state index in [4.69, 9.17) is 4.74 Å². The monoisotopic (exact) mass is 494 g/mol. The number of benzene rings is 1. The van der Waals surface area contributed by atoms with E-state index in [2.05, 4.69) is 26.3 Å². The Morgan fingerprint density at radius 1 is 1.26 bits per heavy atom. The molecular weight excluding hydrogens is 460 g/mol. The van der Waals surface area contributed by atoms with Crippen LogP contribution in [-0.4, -0.2) is 65.5 Å². The molecule has 3 atom stereocenters. The predicted octanol–water partition coefficient (Wildman–Crippen LogP) is 4.49. The van der Waals surface area contributed by atoms with Gasteiger partial charge in [-0.2, -0.15) is 0 Å². The number of carboxylic acid groups (broad SMARTS) is 1. The number of aromatic nitrogens is 2. The average molecular weight is 495 g/mol. The summed E-state index contributed by atoms with van der Waals surface area (Å²) in [5.41, 5.74) is 2.11. The summed E-state index contributed by atoms with van der Waals surface area (Å²) < 4.78 is 5.43. The van der Waals surface area contributed by atoms with Crippen LogP contribution in [0, 0.1) is 11.8 Å². The fraction of sp³-hybridized carbons (Fsp3) is 0.444. The van der Waals surface area contributed by atoms with Gasteiger partial charge in [0.2, 0.25) is 0 Å². The molecule has 0 radical (unpaired) electrons. The first-order valence-corrected chi connectivity index (χ1v) is 13.2. The molecule has 3 heterocycles. The van der Waals surface area contributed by atoms with Gasteiger partial charge in [0.1, 0.15) is 5.75 Å². The van der Waals surface area contributed by atoms with Gasteiger partial charge in [-0.05, 0) is 80.7 Å². The molecule has 0 unspecified atom stereocenters. The highest BCUT2D eigenvalue weighted by atomic mass is 32.2. The largest absolute Gasteiger partial charge is 0.497 e. The van der Waals surface area contributed by atoms with Crippen LogP contribution in [0.15, 0.2) is 59.9 Å². The summed E-state index contributed by atoms with van der Waals surface area (Å²) in [5, 5.41) is 15.5. The molecule has 0 saturated carbocycles. The molecule has 1 aromatic carbocycles. The van der Waals surface area contributed by atoms with Crippen LogP contribution in [0.25, 0.3) is 10.9 Å². The predicted molar refractivity (Wildman–Crippen MR) is 140 cm³/mol. The van der Waals surface area contributed by atoms with E-state index < -0.39 is 5.97 Å². The second-order valence-corrected chi connectivity index (χ2v) is 10.1. The molecule has 2 N–H and O–H groups in total. The van der Waals surface area contributed by atoms with Crippen molar-refractivity contribution in [2.75, 3.05) is 39.5 Å². The zero-order valence-electron chi connectivity index (χ0n) is 20.4. The van der Waals surface area contributed by atoms with Gasteiger partial charge in [-0.1, -0.05) is 6.07 Å². The second kappa shape index (κ2) is 12.3. The number of carbonyl (C=O) groups is 1. The summed E-state index contributed by atoms with van der Waals surface area (Å²) in [7, 11) is 3.63. The van der Waals surface area contributed by atoms with E-state index in [0.29, 0.717) is 6.54 Å². The number of ether oxygens (including phenoxy) is 1. The Kier molecular flexibility index (Phi) is 8.95. The number of carboxylic acids is 1. The van der Waals surface area contributed by atoms with Crippen molar-refractivity contribution in [1.29, 1.82) is 0 Å². The molecule has 186 valence electrons. The zero-order chi connectivity index (χ0) is 24.6. The Bertz CT molecular complexity index is 1110. The van der Waals surface area contributed by atoms with Crippen LogP contribution in [0.4, 0.5) is 0 Å². The molecule has 7 nitrogen and oxygen atoms in total. The Morgan fingerprint density at radius 2 is 2.14 bits per heavy atom. The summed E-state index contributed by atoms with van der Waals surface area (Å²) >= 11 is 1.72. The highest BCUT2D eigenvalue weighted by molar-refractivity contribution is 7.99. The fourth-order valence-corrected chi connectivity index (χ4v) is 5.89. The summed E-state index contributed by atoms with van der Waals surface area (Å²) in [4.78, 5) is 23.3. The highest BCUT2D eigenvalue weighted by Crippen LogP contribution is 2.34. The maximum Gasteiger partial charge on any atom is 0.308 e. The first kappa shape index (κ1) is 25.4. The summed E-state index contributed by atoms with van der Waals surface area (Å²) in [6.45, 7) is 2.43. The number of aliphatic carboxylic acids is 1. The fourth-order valence-electron chi connectivity index (χ4n) is 5.02. The number of piperidine rings is 1. The maximum atomic E-state index is 12.2. The summed E-state index contributed by atoms with van der Waals surface area (Å²) in [5.74, 6) is 0.869. The summed E-state index contributed by atoms with van der Waals surface area (Å²) in [6, 6.07) is 14.0. The second-order valence-electron chi connectivity index (χ2n) is 9.01. The van der Waals surface area contributed by atoms with Gasteiger partial charge in [-0.3, -0.25) is 9.78 Å². The molecule has 4 rings (SSSR count). The Labute approximate surface area is 211 Å². The van der Waals surface area contributed by atoms with Crippen molar-refractivity contribution in [3.63, 3.8) is 0 Å². The van der Waals surface area contributed by atoms with Crippen molar-refractivity contribution in [1.82, 2.24) is 20.2 Å². The molecule has 1 aliphatic rings. The molecule has 0 amide bonds. The van der Waals surface area contributed by atoms with E-state index in [0.717, 1.165) is 59.8 Å². The third-order valence-corrected chi connectivity index (χ3v) is 7.91. The minimum atomic E-state index is -0.683. The summed E-state index contributed by atoms with van der Waals surface area (Å²) in [6.07, 6.45) is 6.30. The maximum absolute atomic E-state index is 12.2. The van der Waals surface area contributed by atoms with E-state index in [9.17, 15) is 9.90 Å². The lowest BCUT2D eigenvalue weighted by atomic mass is 9.81. The Morgan fingerprint density at radius 3 is 2.89 bits per heavy atom. The number of rotatable bonds is 11. The van der Waals surface area contributed by atoms with E-state index >= 15 is 0 Å². The zero-order valence-corrected chi connectivity index (χ0v) is 21.2. The molecule has 8 heteroatoms. The number of thioether (sulfide) groups is 1. The topological polar surface area (TPSA) is 87.6 Å². The lowest BCUT2D eigenvalue weighted by Crippen LogP contribution is -2.44. The lowest BCUT2D eigenvalue weighted by molar-refractivity contribution is -0.146. The first-order chi connectivity index (χ1) is 17.1. The van der Waals surface area contributed by atoms with Crippen molar-refractivity contribution < 1.29 is 14.6 Å². The highest BCUT2D eigenvalue weighted by Gasteiger charge is 2.34. The molecule has 1 fully saturated rings. The molecular formula is C27H34N4O3S. The third kappa shape index (κ3) is 6.51. The molecule has 0 bridgehead atoms. The number of methoxy groups -OCH3 is 1. The number of pyridine rings is 2. The molecule has 0 spiro atoms. The SMILES string of the molecule is CN[C@H](CC[C@@H]1CCN(CCSc2ccccn2)C[C@@H]1C(=O)O)c1ccnc2ccc(OC)cc12. The van der Waals surface area contributed by atoms with Crippen LogP contribution in [0.5, 0.6) is 5.75 Å². The molecule has 0 aliphatic carbocycles. The van der Waals surface area contributed by atoms with Crippen LogP contribution < -0.4 is 10.1 Å². The van der Waals surface area contributed by atoms with Crippen molar-refractivity contribution in [2.24, 2.45) is 11.8 Å². The molecule has 1 saturated heterocycles. The molecule has 2 aromatic heterocycles.